The Labute approximate surface area is 111 Å². The van der Waals surface area contributed by atoms with Gasteiger partial charge < -0.3 is 9.73 Å². The van der Waals surface area contributed by atoms with Crippen LogP contribution in [0.25, 0.3) is 11.5 Å². The van der Waals surface area contributed by atoms with Crippen LogP contribution in [0.15, 0.2) is 10.5 Å². The number of aromatic nitrogens is 4. The van der Waals surface area contributed by atoms with E-state index >= 15 is 0 Å². The Hall–Kier alpha value is -1.82. The molecule has 0 aromatic carbocycles. The third-order valence-corrected chi connectivity index (χ3v) is 3.14. The van der Waals surface area contributed by atoms with Gasteiger partial charge >= 0.3 is 0 Å². The molecule has 1 aliphatic carbocycles. The molecule has 19 heavy (non-hydrogen) atoms. The van der Waals surface area contributed by atoms with E-state index in [1.807, 2.05) is 19.9 Å². The lowest BCUT2D eigenvalue weighted by atomic mass is 10.1. The highest BCUT2D eigenvalue weighted by molar-refractivity contribution is 5.56. The van der Waals surface area contributed by atoms with Crippen LogP contribution < -0.4 is 5.32 Å². The molecule has 1 N–H and O–H groups in total. The average molecular weight is 259 g/mol. The molecule has 3 rings (SSSR count). The molecule has 2 aromatic rings. The summed E-state index contributed by atoms with van der Waals surface area (Å²) in [4.78, 5) is 0. The molecule has 1 saturated carbocycles. The largest absolute Gasteiger partial charge is 0.419 e. The molecule has 0 spiro atoms. The van der Waals surface area contributed by atoms with E-state index in [-0.39, 0.29) is 0 Å². The zero-order valence-electron chi connectivity index (χ0n) is 11.2. The van der Waals surface area contributed by atoms with Gasteiger partial charge in [0, 0.05) is 6.04 Å². The SMILES string of the molecule is CCc1nnc(C)cc1-c1nnc(CNC2CC2)o1. The lowest BCUT2D eigenvalue weighted by molar-refractivity contribution is 0.475. The van der Waals surface area contributed by atoms with Crippen molar-refractivity contribution in [3.05, 3.63) is 23.3 Å². The first kappa shape index (κ1) is 12.2. The molecule has 0 atom stereocenters. The van der Waals surface area contributed by atoms with Gasteiger partial charge in [-0.2, -0.15) is 10.2 Å². The number of nitrogens with one attached hydrogen (secondary N) is 1. The topological polar surface area (TPSA) is 76.7 Å². The third-order valence-electron chi connectivity index (χ3n) is 3.14. The predicted molar refractivity (Wildman–Crippen MR) is 69.3 cm³/mol. The molecule has 0 bridgehead atoms. The summed E-state index contributed by atoms with van der Waals surface area (Å²) in [5, 5.41) is 19.8. The lowest BCUT2D eigenvalue weighted by Gasteiger charge is -2.02. The minimum Gasteiger partial charge on any atom is -0.419 e. The number of hydrogen-bond acceptors (Lipinski definition) is 6. The van der Waals surface area contributed by atoms with Crippen LogP contribution in [0.1, 0.15) is 37.0 Å². The summed E-state index contributed by atoms with van der Waals surface area (Å²) in [6, 6.07) is 2.57. The fraction of sp³-hybridized carbons (Fsp3) is 0.538. The Morgan fingerprint density at radius 1 is 1.26 bits per heavy atom. The minimum atomic E-state index is 0.530. The molecule has 6 heteroatoms. The normalized spacial score (nSPS) is 14.8. The molecule has 6 nitrogen and oxygen atoms in total. The standard InChI is InChI=1S/C13H17N5O/c1-3-11-10(6-8(2)15-16-11)13-18-17-12(19-13)7-14-9-4-5-9/h6,9,14H,3-5,7H2,1-2H3. The molecule has 0 unspecified atom stereocenters. The Bertz CT molecular complexity index is 576. The fourth-order valence-corrected chi connectivity index (χ4v) is 1.91. The molecule has 0 saturated heterocycles. The first-order valence-corrected chi connectivity index (χ1v) is 6.65. The van der Waals surface area contributed by atoms with E-state index in [0.717, 1.165) is 23.4 Å². The number of rotatable bonds is 5. The Kier molecular flexibility index (Phi) is 3.25. The predicted octanol–water partition coefficient (Wildman–Crippen LogP) is 1.65. The van der Waals surface area contributed by atoms with Crippen LogP contribution in [-0.2, 0) is 13.0 Å². The van der Waals surface area contributed by atoms with E-state index in [1.54, 1.807) is 0 Å². The van der Waals surface area contributed by atoms with E-state index in [4.69, 9.17) is 4.42 Å². The van der Waals surface area contributed by atoms with Crippen molar-refractivity contribution in [3.8, 4) is 11.5 Å². The molecule has 0 amide bonds. The third kappa shape index (κ3) is 2.78. The summed E-state index contributed by atoms with van der Waals surface area (Å²) in [6.07, 6.45) is 3.28. The van der Waals surface area contributed by atoms with Crippen LogP contribution >= 0.6 is 0 Å². The molecule has 0 radical (unpaired) electrons. The van der Waals surface area contributed by atoms with Crippen LogP contribution in [0.4, 0.5) is 0 Å². The highest BCUT2D eigenvalue weighted by atomic mass is 16.4. The van der Waals surface area contributed by atoms with Crippen molar-refractivity contribution in [3.63, 3.8) is 0 Å². The fourth-order valence-electron chi connectivity index (χ4n) is 1.91. The maximum atomic E-state index is 5.69. The van der Waals surface area contributed by atoms with Crippen molar-refractivity contribution < 1.29 is 4.42 Å². The van der Waals surface area contributed by atoms with Crippen LogP contribution in [0, 0.1) is 6.92 Å². The Balaban J connectivity index is 1.82. The minimum absolute atomic E-state index is 0.530. The molecular weight excluding hydrogens is 242 g/mol. The Morgan fingerprint density at radius 2 is 2.11 bits per heavy atom. The number of nitrogens with zero attached hydrogens (tertiary/aromatic N) is 4. The Morgan fingerprint density at radius 3 is 2.84 bits per heavy atom. The van der Waals surface area contributed by atoms with Crippen LogP contribution in [0.5, 0.6) is 0 Å². The average Bonchev–Trinajstić information content (AvgIpc) is 3.13. The second-order valence-electron chi connectivity index (χ2n) is 4.86. The van der Waals surface area contributed by atoms with Gasteiger partial charge in [0.2, 0.25) is 11.8 Å². The van der Waals surface area contributed by atoms with Gasteiger partial charge in [0.25, 0.3) is 0 Å². The monoisotopic (exact) mass is 259 g/mol. The molecule has 100 valence electrons. The maximum absolute atomic E-state index is 5.69. The van der Waals surface area contributed by atoms with Crippen molar-refractivity contribution in [2.24, 2.45) is 0 Å². The molecule has 2 aromatic heterocycles. The molecule has 1 aliphatic rings. The van der Waals surface area contributed by atoms with Crippen molar-refractivity contribution >= 4 is 0 Å². The van der Waals surface area contributed by atoms with Crippen molar-refractivity contribution in [1.29, 1.82) is 0 Å². The molecular formula is C13H17N5O. The van der Waals surface area contributed by atoms with Gasteiger partial charge in [-0.1, -0.05) is 6.92 Å². The van der Waals surface area contributed by atoms with Gasteiger partial charge in [-0.15, -0.1) is 10.2 Å². The van der Waals surface area contributed by atoms with Crippen molar-refractivity contribution in [1.82, 2.24) is 25.7 Å². The quantitative estimate of drug-likeness (QED) is 0.879. The van der Waals surface area contributed by atoms with Gasteiger partial charge in [-0.3, -0.25) is 0 Å². The highest BCUT2D eigenvalue weighted by Crippen LogP contribution is 2.23. The summed E-state index contributed by atoms with van der Waals surface area (Å²) in [5.41, 5.74) is 2.62. The van der Waals surface area contributed by atoms with Gasteiger partial charge in [0.05, 0.1) is 23.5 Å². The van der Waals surface area contributed by atoms with E-state index in [1.165, 1.54) is 12.8 Å². The molecule has 0 aliphatic heterocycles. The zero-order valence-corrected chi connectivity index (χ0v) is 11.2. The summed E-state index contributed by atoms with van der Waals surface area (Å²) in [5.74, 6) is 1.15. The van der Waals surface area contributed by atoms with Gasteiger partial charge in [0.15, 0.2) is 0 Å². The second kappa shape index (κ2) is 5.05. The summed E-state index contributed by atoms with van der Waals surface area (Å²) < 4.78 is 5.69. The lowest BCUT2D eigenvalue weighted by Crippen LogP contribution is -2.15. The first-order valence-electron chi connectivity index (χ1n) is 6.65. The first-order chi connectivity index (χ1) is 9.26. The van der Waals surface area contributed by atoms with Gasteiger partial charge in [-0.05, 0) is 32.3 Å². The molecule has 2 heterocycles. The number of aryl methyl sites for hydroxylation is 2. The second-order valence-corrected chi connectivity index (χ2v) is 4.86. The van der Waals surface area contributed by atoms with Crippen molar-refractivity contribution in [2.75, 3.05) is 0 Å². The van der Waals surface area contributed by atoms with Gasteiger partial charge in [0.1, 0.15) is 0 Å². The number of hydrogen-bond donors (Lipinski definition) is 1. The molecule has 1 fully saturated rings. The maximum Gasteiger partial charge on any atom is 0.249 e. The van der Waals surface area contributed by atoms with Crippen molar-refractivity contribution in [2.45, 2.75) is 45.7 Å². The summed E-state index contributed by atoms with van der Waals surface area (Å²) in [7, 11) is 0. The van der Waals surface area contributed by atoms with E-state index in [9.17, 15) is 0 Å². The summed E-state index contributed by atoms with van der Waals surface area (Å²) >= 11 is 0. The zero-order chi connectivity index (χ0) is 13.2. The summed E-state index contributed by atoms with van der Waals surface area (Å²) in [6.45, 7) is 4.58. The van der Waals surface area contributed by atoms with Crippen LogP contribution in [0.3, 0.4) is 0 Å². The van der Waals surface area contributed by atoms with E-state index < -0.39 is 0 Å². The van der Waals surface area contributed by atoms with Crippen LogP contribution in [-0.4, -0.2) is 26.4 Å². The van der Waals surface area contributed by atoms with E-state index in [0.29, 0.717) is 24.4 Å². The van der Waals surface area contributed by atoms with Gasteiger partial charge in [-0.25, -0.2) is 0 Å². The van der Waals surface area contributed by atoms with E-state index in [2.05, 4.69) is 25.7 Å². The smallest absolute Gasteiger partial charge is 0.249 e. The van der Waals surface area contributed by atoms with Crippen LogP contribution in [0.2, 0.25) is 0 Å². The highest BCUT2D eigenvalue weighted by Gasteiger charge is 2.21.